The van der Waals surface area contributed by atoms with Crippen LogP contribution in [0.2, 0.25) is 0 Å². The third-order valence-corrected chi connectivity index (χ3v) is 4.42. The molecule has 0 aromatic heterocycles. The second-order valence-corrected chi connectivity index (χ2v) is 6.74. The second-order valence-electron chi connectivity index (χ2n) is 3.60. The summed E-state index contributed by atoms with van der Waals surface area (Å²) in [5.74, 6) is -0.336. The number of benzene rings is 1. The van der Waals surface area contributed by atoms with Crippen LogP contribution < -0.4 is 0 Å². The fourth-order valence-corrected chi connectivity index (χ4v) is 2.88. The molecule has 5 heteroatoms. The van der Waals surface area contributed by atoms with Gasteiger partial charge in [-0.15, -0.1) is 0 Å². The van der Waals surface area contributed by atoms with Gasteiger partial charge in [0.1, 0.15) is 5.25 Å². The van der Waals surface area contributed by atoms with Crippen LogP contribution in [0.3, 0.4) is 0 Å². The largest absolute Gasteiger partial charge is 0.293 e. The van der Waals surface area contributed by atoms with E-state index < -0.39 is 15.1 Å². The molecule has 0 fully saturated rings. The van der Waals surface area contributed by atoms with Gasteiger partial charge in [-0.25, -0.2) is 8.42 Å². The van der Waals surface area contributed by atoms with Crippen LogP contribution in [-0.2, 0) is 9.84 Å². The summed E-state index contributed by atoms with van der Waals surface area (Å²) in [6.07, 6.45) is 1.39. The number of sulfone groups is 1. The Morgan fingerprint density at radius 3 is 2.19 bits per heavy atom. The van der Waals surface area contributed by atoms with Crippen LogP contribution in [0.5, 0.6) is 0 Å². The van der Waals surface area contributed by atoms with E-state index in [1.165, 1.54) is 0 Å². The highest BCUT2D eigenvalue weighted by Crippen LogP contribution is 2.16. The van der Waals surface area contributed by atoms with Crippen molar-refractivity contribution >= 4 is 31.6 Å². The van der Waals surface area contributed by atoms with E-state index in [0.29, 0.717) is 12.0 Å². The molecule has 0 saturated heterocycles. The van der Waals surface area contributed by atoms with E-state index in [1.807, 2.05) is 0 Å². The Morgan fingerprint density at radius 1 is 1.31 bits per heavy atom. The minimum atomic E-state index is -3.33. The van der Waals surface area contributed by atoms with Gasteiger partial charge in [0, 0.05) is 16.3 Å². The number of hydrogen-bond donors (Lipinski definition) is 0. The highest BCUT2D eigenvalue weighted by molar-refractivity contribution is 9.10. The number of Topliss-reactive ketones (excluding diaryl/α,β-unsaturated/α-hetero) is 1. The van der Waals surface area contributed by atoms with Crippen molar-refractivity contribution in [1.29, 1.82) is 0 Å². The van der Waals surface area contributed by atoms with E-state index >= 15 is 0 Å². The molecule has 0 unspecified atom stereocenters. The summed E-state index contributed by atoms with van der Waals surface area (Å²) in [4.78, 5) is 11.9. The molecule has 1 atom stereocenters. The zero-order chi connectivity index (χ0) is 12.3. The Kier molecular flexibility index (Phi) is 4.27. The first-order valence-electron chi connectivity index (χ1n) is 4.85. The number of carbonyl (C=O) groups excluding carboxylic acids is 1. The Labute approximate surface area is 104 Å². The number of carbonyl (C=O) groups is 1. The van der Waals surface area contributed by atoms with Crippen molar-refractivity contribution in [1.82, 2.24) is 0 Å². The van der Waals surface area contributed by atoms with Crippen LogP contribution in [0.25, 0.3) is 0 Å². The summed E-state index contributed by atoms with van der Waals surface area (Å²) in [6.45, 7) is 1.70. The minimum absolute atomic E-state index is 0.299. The molecule has 0 aliphatic rings. The summed E-state index contributed by atoms with van der Waals surface area (Å²) < 4.78 is 23.7. The van der Waals surface area contributed by atoms with Crippen molar-refractivity contribution in [3.63, 3.8) is 0 Å². The average molecular weight is 305 g/mol. The molecule has 0 bridgehead atoms. The van der Waals surface area contributed by atoms with Gasteiger partial charge in [-0.2, -0.15) is 0 Å². The summed E-state index contributed by atoms with van der Waals surface area (Å²) in [5, 5.41) is -0.936. The highest BCUT2D eigenvalue weighted by Gasteiger charge is 2.27. The number of halogens is 1. The maximum Gasteiger partial charge on any atom is 0.180 e. The molecule has 16 heavy (non-hydrogen) atoms. The standard InChI is InChI=1S/C11H13BrO3S/c1-3-10(16(2,14)15)11(13)8-4-6-9(12)7-5-8/h4-7,10H,3H2,1-2H3/t10-/m0/s1. The van der Waals surface area contributed by atoms with Gasteiger partial charge in [-0.05, 0) is 18.6 Å². The summed E-state index contributed by atoms with van der Waals surface area (Å²) in [6, 6.07) is 6.70. The van der Waals surface area contributed by atoms with Crippen LogP contribution >= 0.6 is 15.9 Å². The molecular formula is C11H13BrO3S. The molecular weight excluding hydrogens is 292 g/mol. The van der Waals surface area contributed by atoms with Crippen LogP contribution in [0.15, 0.2) is 28.7 Å². The lowest BCUT2D eigenvalue weighted by Gasteiger charge is -2.11. The molecule has 0 radical (unpaired) electrons. The second kappa shape index (κ2) is 5.10. The van der Waals surface area contributed by atoms with Crippen molar-refractivity contribution in [2.24, 2.45) is 0 Å². The minimum Gasteiger partial charge on any atom is -0.293 e. The fourth-order valence-electron chi connectivity index (χ4n) is 1.48. The highest BCUT2D eigenvalue weighted by atomic mass is 79.9. The molecule has 3 nitrogen and oxygen atoms in total. The van der Waals surface area contributed by atoms with E-state index in [-0.39, 0.29) is 5.78 Å². The van der Waals surface area contributed by atoms with Gasteiger partial charge in [-0.1, -0.05) is 35.0 Å². The van der Waals surface area contributed by atoms with Crippen LogP contribution in [0.4, 0.5) is 0 Å². The maximum atomic E-state index is 11.9. The lowest BCUT2D eigenvalue weighted by Crippen LogP contribution is -2.28. The van der Waals surface area contributed by atoms with Crippen molar-refractivity contribution < 1.29 is 13.2 Å². The summed E-state index contributed by atoms with van der Waals surface area (Å²) in [7, 11) is -3.33. The maximum absolute atomic E-state index is 11.9. The molecule has 1 rings (SSSR count). The Morgan fingerprint density at radius 2 is 1.81 bits per heavy atom. The molecule has 0 N–H and O–H groups in total. The fraction of sp³-hybridized carbons (Fsp3) is 0.364. The quantitative estimate of drug-likeness (QED) is 0.803. The SMILES string of the molecule is CC[C@@H](C(=O)c1ccc(Br)cc1)S(C)(=O)=O. The molecule has 0 heterocycles. The average Bonchev–Trinajstić information content (AvgIpc) is 2.17. The number of ketones is 1. The first-order valence-corrected chi connectivity index (χ1v) is 7.59. The van der Waals surface area contributed by atoms with Gasteiger partial charge in [0.15, 0.2) is 15.6 Å². The predicted octanol–water partition coefficient (Wildman–Crippen LogP) is 2.46. The zero-order valence-corrected chi connectivity index (χ0v) is 11.5. The van der Waals surface area contributed by atoms with Crippen LogP contribution in [-0.4, -0.2) is 25.7 Å². The molecule has 0 spiro atoms. The molecule has 0 saturated carbocycles. The van der Waals surface area contributed by atoms with Gasteiger partial charge < -0.3 is 0 Å². The lowest BCUT2D eigenvalue weighted by molar-refractivity contribution is 0.0985. The first kappa shape index (κ1) is 13.4. The van der Waals surface area contributed by atoms with E-state index in [4.69, 9.17) is 0 Å². The smallest absolute Gasteiger partial charge is 0.180 e. The Balaban J connectivity index is 3.06. The van der Waals surface area contributed by atoms with E-state index in [9.17, 15) is 13.2 Å². The number of hydrogen-bond acceptors (Lipinski definition) is 3. The lowest BCUT2D eigenvalue weighted by atomic mass is 10.1. The van der Waals surface area contributed by atoms with Crippen molar-refractivity contribution in [2.75, 3.05) is 6.26 Å². The molecule has 0 aliphatic heterocycles. The molecule has 1 aromatic rings. The van der Waals surface area contributed by atoms with Gasteiger partial charge in [0.25, 0.3) is 0 Å². The Bertz CT molecular complexity index is 476. The third-order valence-electron chi connectivity index (χ3n) is 2.31. The Hall–Kier alpha value is -0.680. The van der Waals surface area contributed by atoms with E-state index in [2.05, 4.69) is 15.9 Å². The number of rotatable bonds is 4. The molecule has 0 aliphatic carbocycles. The topological polar surface area (TPSA) is 51.2 Å². The third kappa shape index (κ3) is 3.15. The summed E-state index contributed by atoms with van der Waals surface area (Å²) in [5.41, 5.74) is 0.431. The van der Waals surface area contributed by atoms with Crippen molar-refractivity contribution in [2.45, 2.75) is 18.6 Å². The first-order chi connectivity index (χ1) is 7.36. The molecule has 0 amide bonds. The van der Waals surface area contributed by atoms with Gasteiger partial charge >= 0.3 is 0 Å². The van der Waals surface area contributed by atoms with Crippen LogP contribution in [0.1, 0.15) is 23.7 Å². The van der Waals surface area contributed by atoms with Crippen LogP contribution in [0, 0.1) is 0 Å². The van der Waals surface area contributed by atoms with E-state index in [0.717, 1.165) is 10.7 Å². The van der Waals surface area contributed by atoms with E-state index in [1.54, 1.807) is 31.2 Å². The summed E-state index contributed by atoms with van der Waals surface area (Å²) >= 11 is 3.26. The zero-order valence-electron chi connectivity index (χ0n) is 9.10. The molecule has 1 aromatic carbocycles. The van der Waals surface area contributed by atoms with Crippen molar-refractivity contribution in [3.8, 4) is 0 Å². The normalized spacial score (nSPS) is 13.4. The molecule has 88 valence electrons. The monoisotopic (exact) mass is 304 g/mol. The predicted molar refractivity (Wildman–Crippen MR) is 67.4 cm³/mol. The van der Waals surface area contributed by atoms with Crippen molar-refractivity contribution in [3.05, 3.63) is 34.3 Å². The van der Waals surface area contributed by atoms with Gasteiger partial charge in [0.05, 0.1) is 0 Å². The van der Waals surface area contributed by atoms with Gasteiger partial charge in [-0.3, -0.25) is 4.79 Å². The van der Waals surface area contributed by atoms with Gasteiger partial charge in [0.2, 0.25) is 0 Å².